The monoisotopic (exact) mass is 258 g/mol. The van der Waals surface area contributed by atoms with Crippen molar-refractivity contribution in [2.75, 3.05) is 6.54 Å². The maximum Gasteiger partial charge on any atom is 0.121 e. The van der Waals surface area contributed by atoms with Gasteiger partial charge in [0.2, 0.25) is 0 Å². The summed E-state index contributed by atoms with van der Waals surface area (Å²) >= 11 is 0. The Balaban J connectivity index is 1.73. The van der Waals surface area contributed by atoms with Crippen LogP contribution in [0.3, 0.4) is 0 Å². The molecular formula is C16H19FN2. The molecule has 0 spiro atoms. The van der Waals surface area contributed by atoms with E-state index < -0.39 is 6.17 Å². The topological polar surface area (TPSA) is 24.9 Å². The van der Waals surface area contributed by atoms with Crippen molar-refractivity contribution < 1.29 is 4.39 Å². The Morgan fingerprint density at radius 1 is 1.21 bits per heavy atom. The van der Waals surface area contributed by atoms with E-state index in [9.17, 15) is 4.39 Å². The van der Waals surface area contributed by atoms with Gasteiger partial charge in [-0.1, -0.05) is 30.7 Å². The van der Waals surface area contributed by atoms with Crippen LogP contribution >= 0.6 is 0 Å². The molecule has 2 atom stereocenters. The Morgan fingerprint density at radius 3 is 2.95 bits per heavy atom. The molecule has 3 heteroatoms. The highest BCUT2D eigenvalue weighted by Crippen LogP contribution is 2.18. The summed E-state index contributed by atoms with van der Waals surface area (Å²) in [5.74, 6) is 0. The maximum absolute atomic E-state index is 14.3. The van der Waals surface area contributed by atoms with Crippen molar-refractivity contribution >= 4 is 10.9 Å². The fourth-order valence-corrected chi connectivity index (χ4v) is 2.75. The van der Waals surface area contributed by atoms with Gasteiger partial charge in [-0.05, 0) is 31.5 Å². The maximum atomic E-state index is 14.3. The fourth-order valence-electron chi connectivity index (χ4n) is 2.75. The van der Waals surface area contributed by atoms with E-state index >= 15 is 0 Å². The van der Waals surface area contributed by atoms with E-state index in [0.717, 1.165) is 42.4 Å². The minimum atomic E-state index is -0.839. The van der Waals surface area contributed by atoms with E-state index in [1.54, 1.807) is 0 Å². The molecular weight excluding hydrogens is 239 g/mol. The molecule has 2 nitrogen and oxygen atoms in total. The number of nitrogens with one attached hydrogen (secondary N) is 1. The highest BCUT2D eigenvalue weighted by molar-refractivity contribution is 5.78. The van der Waals surface area contributed by atoms with Crippen LogP contribution in [0.4, 0.5) is 4.39 Å². The van der Waals surface area contributed by atoms with E-state index in [1.807, 2.05) is 36.4 Å². The Bertz CT molecular complexity index is 549. The Morgan fingerprint density at radius 2 is 2.11 bits per heavy atom. The van der Waals surface area contributed by atoms with E-state index in [4.69, 9.17) is 0 Å². The van der Waals surface area contributed by atoms with Crippen LogP contribution in [0.5, 0.6) is 0 Å². The van der Waals surface area contributed by atoms with Crippen LogP contribution in [0.1, 0.15) is 25.0 Å². The van der Waals surface area contributed by atoms with Crippen molar-refractivity contribution in [3.05, 3.63) is 42.1 Å². The Hall–Kier alpha value is -1.48. The summed E-state index contributed by atoms with van der Waals surface area (Å²) in [7, 11) is 0. The number of hydrogen-bond acceptors (Lipinski definition) is 2. The molecule has 1 fully saturated rings. The molecule has 1 aliphatic heterocycles. The van der Waals surface area contributed by atoms with Gasteiger partial charge in [0, 0.05) is 23.5 Å². The second-order valence-corrected chi connectivity index (χ2v) is 5.27. The molecule has 1 aromatic carbocycles. The first-order valence-corrected chi connectivity index (χ1v) is 7.05. The number of nitrogens with zero attached hydrogens (tertiary/aromatic N) is 1. The van der Waals surface area contributed by atoms with Crippen LogP contribution in [0.25, 0.3) is 10.9 Å². The number of aromatic nitrogens is 1. The lowest BCUT2D eigenvalue weighted by molar-refractivity contribution is 0.216. The van der Waals surface area contributed by atoms with E-state index in [1.165, 1.54) is 0 Å². The van der Waals surface area contributed by atoms with Gasteiger partial charge in [0.1, 0.15) is 6.17 Å². The number of hydrogen-bond donors (Lipinski definition) is 1. The highest BCUT2D eigenvalue weighted by atomic mass is 19.1. The molecule has 0 radical (unpaired) electrons. The van der Waals surface area contributed by atoms with Crippen molar-refractivity contribution in [1.82, 2.24) is 10.3 Å². The molecule has 100 valence electrons. The molecule has 1 N–H and O–H groups in total. The molecule has 1 aliphatic rings. The van der Waals surface area contributed by atoms with Crippen molar-refractivity contribution in [2.45, 2.75) is 37.9 Å². The summed E-state index contributed by atoms with van der Waals surface area (Å²) in [6.07, 6.45) is 2.80. The van der Waals surface area contributed by atoms with Gasteiger partial charge in [0.05, 0.1) is 5.52 Å². The first-order chi connectivity index (χ1) is 9.33. The summed E-state index contributed by atoms with van der Waals surface area (Å²) in [6.45, 7) is 0.941. The van der Waals surface area contributed by atoms with Crippen molar-refractivity contribution in [3.8, 4) is 0 Å². The minimum Gasteiger partial charge on any atom is -0.311 e. The lowest BCUT2D eigenvalue weighted by atomic mass is 9.97. The first kappa shape index (κ1) is 12.5. The van der Waals surface area contributed by atoms with E-state index in [0.29, 0.717) is 6.42 Å². The molecule has 2 aromatic rings. The molecule has 0 bridgehead atoms. The minimum absolute atomic E-state index is 0.00187. The molecule has 0 saturated carbocycles. The predicted octanol–water partition coefficient (Wildman–Crippen LogP) is 3.26. The van der Waals surface area contributed by atoms with Gasteiger partial charge in [-0.15, -0.1) is 0 Å². The van der Waals surface area contributed by atoms with Crippen molar-refractivity contribution in [3.63, 3.8) is 0 Å². The van der Waals surface area contributed by atoms with Crippen LogP contribution in [-0.2, 0) is 6.42 Å². The van der Waals surface area contributed by atoms with Crippen LogP contribution in [0.2, 0.25) is 0 Å². The van der Waals surface area contributed by atoms with Crippen molar-refractivity contribution in [2.24, 2.45) is 0 Å². The second kappa shape index (κ2) is 5.66. The first-order valence-electron chi connectivity index (χ1n) is 7.05. The molecule has 1 saturated heterocycles. The Kier molecular flexibility index (Phi) is 3.74. The van der Waals surface area contributed by atoms with Crippen LogP contribution in [0.15, 0.2) is 36.4 Å². The molecule has 19 heavy (non-hydrogen) atoms. The predicted molar refractivity (Wildman–Crippen MR) is 76.0 cm³/mol. The normalized spacial score (nSPS) is 21.4. The zero-order valence-corrected chi connectivity index (χ0v) is 11.0. The molecule has 0 aliphatic carbocycles. The van der Waals surface area contributed by atoms with Gasteiger partial charge in [-0.3, -0.25) is 4.98 Å². The van der Waals surface area contributed by atoms with Gasteiger partial charge in [0.25, 0.3) is 0 Å². The Labute approximate surface area is 113 Å². The summed E-state index contributed by atoms with van der Waals surface area (Å²) in [5, 5.41) is 4.38. The lowest BCUT2D eigenvalue weighted by Crippen LogP contribution is -2.42. The van der Waals surface area contributed by atoms with Gasteiger partial charge in [-0.2, -0.15) is 0 Å². The third-order valence-corrected chi connectivity index (χ3v) is 3.85. The average molecular weight is 258 g/mol. The third kappa shape index (κ3) is 2.92. The molecule has 0 amide bonds. The molecule has 1 aromatic heterocycles. The second-order valence-electron chi connectivity index (χ2n) is 5.27. The number of fused-ring (bicyclic) bond motifs is 1. The van der Waals surface area contributed by atoms with Gasteiger partial charge in [0.15, 0.2) is 0 Å². The SMILES string of the molecule is FC(Cc1ccc2ccccc2n1)C1CCCCN1. The van der Waals surface area contributed by atoms with Crippen LogP contribution in [0, 0.1) is 0 Å². The van der Waals surface area contributed by atoms with Crippen LogP contribution in [-0.4, -0.2) is 23.7 Å². The smallest absolute Gasteiger partial charge is 0.121 e. The molecule has 2 heterocycles. The largest absolute Gasteiger partial charge is 0.311 e. The highest BCUT2D eigenvalue weighted by Gasteiger charge is 2.23. The number of halogens is 1. The number of rotatable bonds is 3. The lowest BCUT2D eigenvalue weighted by Gasteiger charge is -2.26. The fraction of sp³-hybridized carbons (Fsp3) is 0.438. The standard InChI is InChI=1S/C16H19FN2/c17-14(16-7-3-4-10-18-16)11-13-9-8-12-5-1-2-6-15(12)19-13/h1-2,5-6,8-9,14,16,18H,3-4,7,10-11H2. The summed E-state index contributed by atoms with van der Waals surface area (Å²) < 4.78 is 14.3. The quantitative estimate of drug-likeness (QED) is 0.914. The van der Waals surface area contributed by atoms with E-state index in [-0.39, 0.29) is 6.04 Å². The van der Waals surface area contributed by atoms with E-state index in [2.05, 4.69) is 10.3 Å². The molecule has 2 unspecified atom stereocenters. The average Bonchev–Trinajstić information content (AvgIpc) is 2.48. The summed E-state index contributed by atoms with van der Waals surface area (Å²) in [4.78, 5) is 4.54. The van der Waals surface area contributed by atoms with Gasteiger partial charge >= 0.3 is 0 Å². The third-order valence-electron chi connectivity index (χ3n) is 3.85. The van der Waals surface area contributed by atoms with Crippen LogP contribution < -0.4 is 5.32 Å². The number of alkyl halides is 1. The summed E-state index contributed by atoms with van der Waals surface area (Å²) in [6, 6.07) is 11.9. The van der Waals surface area contributed by atoms with Gasteiger partial charge < -0.3 is 5.32 Å². The van der Waals surface area contributed by atoms with Gasteiger partial charge in [-0.25, -0.2) is 4.39 Å². The summed E-state index contributed by atoms with van der Waals surface area (Å²) in [5.41, 5.74) is 1.79. The zero-order valence-electron chi connectivity index (χ0n) is 11.0. The van der Waals surface area contributed by atoms with Crippen molar-refractivity contribution in [1.29, 1.82) is 0 Å². The number of pyridine rings is 1. The number of benzene rings is 1. The number of piperidine rings is 1. The zero-order chi connectivity index (χ0) is 13.1. The molecule has 3 rings (SSSR count). The number of para-hydroxylation sites is 1.